The second kappa shape index (κ2) is 5.46. The second-order valence-corrected chi connectivity index (χ2v) is 6.66. The zero-order valence-corrected chi connectivity index (χ0v) is 12.4. The molecule has 94 valence electrons. The smallest absolute Gasteiger partial charge is 0.280 e. The number of hydrogen-bond acceptors (Lipinski definition) is 4. The summed E-state index contributed by atoms with van der Waals surface area (Å²) >= 11 is 4.75. The van der Waals surface area contributed by atoms with Crippen LogP contribution in [0, 0.1) is 6.92 Å². The molecule has 1 fully saturated rings. The van der Waals surface area contributed by atoms with Crippen LogP contribution in [0.25, 0.3) is 0 Å². The molecule has 1 aromatic heterocycles. The standard InChI is InChI=1S/C11H16BrN3OS/c1-7-9(12)17-11(14-7)10(16)13-5-6-15(2)8-3-4-8/h8H,3-6H2,1-2H3,(H,13,16). The van der Waals surface area contributed by atoms with Crippen molar-refractivity contribution in [2.75, 3.05) is 20.1 Å². The molecule has 2 rings (SSSR count). The minimum Gasteiger partial charge on any atom is -0.349 e. The third-order valence-electron chi connectivity index (χ3n) is 2.85. The van der Waals surface area contributed by atoms with E-state index in [4.69, 9.17) is 0 Å². The van der Waals surface area contributed by atoms with Gasteiger partial charge in [-0.25, -0.2) is 4.98 Å². The molecule has 0 aliphatic heterocycles. The normalized spacial score (nSPS) is 15.3. The molecule has 1 heterocycles. The Labute approximate surface area is 114 Å². The average Bonchev–Trinajstić information content (AvgIpc) is 3.06. The third kappa shape index (κ3) is 3.50. The lowest BCUT2D eigenvalue weighted by Crippen LogP contribution is -2.33. The van der Waals surface area contributed by atoms with Crippen LogP contribution in [0.5, 0.6) is 0 Å². The molecule has 0 atom stereocenters. The molecule has 0 spiro atoms. The predicted molar refractivity (Wildman–Crippen MR) is 72.5 cm³/mol. The Hall–Kier alpha value is -0.460. The predicted octanol–water partition coefficient (Wildman–Crippen LogP) is 2.04. The number of nitrogens with zero attached hydrogens (tertiary/aromatic N) is 2. The van der Waals surface area contributed by atoms with Crippen LogP contribution < -0.4 is 5.32 Å². The summed E-state index contributed by atoms with van der Waals surface area (Å²) < 4.78 is 0.928. The maximum Gasteiger partial charge on any atom is 0.280 e. The lowest BCUT2D eigenvalue weighted by molar-refractivity contribution is 0.0949. The first-order valence-corrected chi connectivity index (χ1v) is 7.30. The molecule has 0 saturated heterocycles. The van der Waals surface area contributed by atoms with Crippen molar-refractivity contribution < 1.29 is 4.79 Å². The van der Waals surface area contributed by atoms with Crippen LogP contribution in [-0.4, -0.2) is 42.0 Å². The van der Waals surface area contributed by atoms with Crippen molar-refractivity contribution >= 4 is 33.2 Å². The van der Waals surface area contributed by atoms with Crippen molar-refractivity contribution in [3.63, 3.8) is 0 Å². The molecule has 17 heavy (non-hydrogen) atoms. The van der Waals surface area contributed by atoms with Crippen molar-refractivity contribution in [2.45, 2.75) is 25.8 Å². The van der Waals surface area contributed by atoms with E-state index in [0.717, 1.165) is 22.1 Å². The zero-order valence-electron chi connectivity index (χ0n) is 9.99. The van der Waals surface area contributed by atoms with Gasteiger partial charge in [-0.2, -0.15) is 0 Å². The number of nitrogens with one attached hydrogen (secondary N) is 1. The molecule has 0 bridgehead atoms. The SMILES string of the molecule is Cc1nc(C(=O)NCCN(C)C2CC2)sc1Br. The monoisotopic (exact) mass is 317 g/mol. The van der Waals surface area contributed by atoms with E-state index in [9.17, 15) is 4.79 Å². The highest BCUT2D eigenvalue weighted by molar-refractivity contribution is 9.11. The molecule has 0 unspecified atom stereocenters. The molecular formula is C11H16BrN3OS. The summed E-state index contributed by atoms with van der Waals surface area (Å²) in [6, 6.07) is 0.739. The molecule has 1 amide bonds. The molecule has 4 nitrogen and oxygen atoms in total. The van der Waals surface area contributed by atoms with Crippen LogP contribution in [0.4, 0.5) is 0 Å². The fourth-order valence-electron chi connectivity index (χ4n) is 1.59. The Bertz CT molecular complexity index is 397. The lowest BCUT2D eigenvalue weighted by Gasteiger charge is -2.15. The Kier molecular flexibility index (Phi) is 4.17. The van der Waals surface area contributed by atoms with Crippen molar-refractivity contribution in [3.05, 3.63) is 14.5 Å². The Morgan fingerprint density at radius 2 is 2.35 bits per heavy atom. The molecule has 1 aromatic rings. The van der Waals surface area contributed by atoms with Crippen molar-refractivity contribution in [2.24, 2.45) is 0 Å². The van der Waals surface area contributed by atoms with Crippen LogP contribution in [0.2, 0.25) is 0 Å². The minimum absolute atomic E-state index is 0.0759. The highest BCUT2D eigenvalue weighted by Gasteiger charge is 2.25. The van der Waals surface area contributed by atoms with E-state index in [1.807, 2.05) is 6.92 Å². The number of carbonyl (C=O) groups is 1. The molecule has 1 aliphatic rings. The minimum atomic E-state index is -0.0759. The maximum atomic E-state index is 11.8. The largest absolute Gasteiger partial charge is 0.349 e. The first-order chi connectivity index (χ1) is 8.08. The molecule has 0 aromatic carbocycles. The molecular weight excluding hydrogens is 302 g/mol. The van der Waals surface area contributed by atoms with Crippen molar-refractivity contribution in [3.8, 4) is 0 Å². The first kappa shape index (κ1) is 13.0. The number of aryl methyl sites for hydroxylation is 1. The van der Waals surface area contributed by atoms with Gasteiger partial charge in [0, 0.05) is 19.1 Å². The quantitative estimate of drug-likeness (QED) is 0.904. The number of amides is 1. The van der Waals surface area contributed by atoms with Gasteiger partial charge in [0.25, 0.3) is 5.91 Å². The molecule has 6 heteroatoms. The second-order valence-electron chi connectivity index (χ2n) is 4.35. The van der Waals surface area contributed by atoms with Gasteiger partial charge in [-0.05, 0) is 42.7 Å². The highest BCUT2D eigenvalue weighted by atomic mass is 79.9. The lowest BCUT2D eigenvalue weighted by atomic mass is 10.5. The summed E-state index contributed by atoms with van der Waals surface area (Å²) in [7, 11) is 2.11. The van der Waals surface area contributed by atoms with E-state index < -0.39 is 0 Å². The van der Waals surface area contributed by atoms with E-state index in [1.54, 1.807) is 0 Å². The van der Waals surface area contributed by atoms with Crippen LogP contribution in [0.3, 0.4) is 0 Å². The average molecular weight is 318 g/mol. The van der Waals surface area contributed by atoms with E-state index in [-0.39, 0.29) is 5.91 Å². The number of likely N-dealkylation sites (N-methyl/N-ethyl adjacent to an activating group) is 1. The van der Waals surface area contributed by atoms with Crippen molar-refractivity contribution in [1.82, 2.24) is 15.2 Å². The van der Waals surface area contributed by atoms with Gasteiger partial charge in [-0.3, -0.25) is 4.79 Å². The van der Waals surface area contributed by atoms with Crippen molar-refractivity contribution in [1.29, 1.82) is 0 Å². The molecule has 1 aliphatic carbocycles. The summed E-state index contributed by atoms with van der Waals surface area (Å²) in [4.78, 5) is 18.3. The number of aromatic nitrogens is 1. The van der Waals surface area contributed by atoms with Gasteiger partial charge in [-0.1, -0.05) is 0 Å². The van der Waals surface area contributed by atoms with Crippen LogP contribution >= 0.6 is 27.3 Å². The Morgan fingerprint density at radius 1 is 1.65 bits per heavy atom. The molecule has 1 saturated carbocycles. The van der Waals surface area contributed by atoms with Gasteiger partial charge in [0.05, 0.1) is 9.48 Å². The van der Waals surface area contributed by atoms with Gasteiger partial charge in [0.15, 0.2) is 5.01 Å². The van der Waals surface area contributed by atoms with Gasteiger partial charge in [0.2, 0.25) is 0 Å². The summed E-state index contributed by atoms with van der Waals surface area (Å²) in [6.45, 7) is 3.47. The summed E-state index contributed by atoms with van der Waals surface area (Å²) in [5.74, 6) is -0.0759. The van der Waals surface area contributed by atoms with E-state index >= 15 is 0 Å². The van der Waals surface area contributed by atoms with Gasteiger partial charge >= 0.3 is 0 Å². The van der Waals surface area contributed by atoms with E-state index in [2.05, 4.69) is 38.2 Å². The fourth-order valence-corrected chi connectivity index (χ4v) is 2.85. The van der Waals surface area contributed by atoms with E-state index in [0.29, 0.717) is 11.6 Å². The van der Waals surface area contributed by atoms with Crippen LogP contribution in [0.15, 0.2) is 3.79 Å². The Balaban J connectivity index is 1.76. The number of carbonyl (C=O) groups excluding carboxylic acids is 1. The van der Waals surface area contributed by atoms with Crippen LogP contribution in [0.1, 0.15) is 28.3 Å². The Morgan fingerprint density at radius 3 is 2.88 bits per heavy atom. The summed E-state index contributed by atoms with van der Waals surface area (Å²) in [5, 5.41) is 3.43. The summed E-state index contributed by atoms with van der Waals surface area (Å²) in [5.41, 5.74) is 0.871. The van der Waals surface area contributed by atoms with Gasteiger partial charge < -0.3 is 10.2 Å². The molecule has 1 N–H and O–H groups in total. The molecule has 0 radical (unpaired) electrons. The van der Waals surface area contributed by atoms with Gasteiger partial charge in [0.1, 0.15) is 0 Å². The number of hydrogen-bond donors (Lipinski definition) is 1. The zero-order chi connectivity index (χ0) is 12.4. The summed E-state index contributed by atoms with van der Waals surface area (Å²) in [6.07, 6.45) is 2.59. The van der Waals surface area contributed by atoms with E-state index in [1.165, 1.54) is 24.2 Å². The number of thiazole rings is 1. The fraction of sp³-hybridized carbons (Fsp3) is 0.636. The maximum absolute atomic E-state index is 11.8. The number of rotatable bonds is 5. The number of halogens is 1. The third-order valence-corrected chi connectivity index (χ3v) is 4.86. The topological polar surface area (TPSA) is 45.2 Å². The van der Waals surface area contributed by atoms with Gasteiger partial charge in [-0.15, -0.1) is 11.3 Å². The first-order valence-electron chi connectivity index (χ1n) is 5.69. The highest BCUT2D eigenvalue weighted by Crippen LogP contribution is 2.25. The van der Waals surface area contributed by atoms with Crippen LogP contribution in [-0.2, 0) is 0 Å².